The largest absolute Gasteiger partial charge is 0.0725 e. The Morgan fingerprint density at radius 2 is 0.811 bits per heavy atom. The molecule has 0 radical (unpaired) electrons. The summed E-state index contributed by atoms with van der Waals surface area (Å²) >= 11 is 0. The minimum atomic E-state index is -0.377. The summed E-state index contributed by atoms with van der Waals surface area (Å²) in [6, 6.07) is 70.9. The Morgan fingerprint density at radius 3 is 1.47 bits per heavy atom. The van der Waals surface area contributed by atoms with Crippen molar-refractivity contribution in [3.63, 3.8) is 0 Å². The molecule has 0 heteroatoms. The molecule has 0 aromatic heterocycles. The predicted octanol–water partition coefficient (Wildman–Crippen LogP) is 13.2. The molecular weight excluding hydrogens is 637 g/mol. The van der Waals surface area contributed by atoms with Crippen molar-refractivity contribution in [2.75, 3.05) is 0 Å². The molecule has 1 atom stereocenters. The van der Waals surface area contributed by atoms with E-state index in [0.717, 1.165) is 0 Å². The quantitative estimate of drug-likeness (QED) is 0.163. The Labute approximate surface area is 312 Å². The van der Waals surface area contributed by atoms with Gasteiger partial charge in [-0.25, -0.2) is 0 Å². The van der Waals surface area contributed by atoms with Gasteiger partial charge in [-0.2, -0.15) is 0 Å². The molecule has 0 fully saturated rings. The first-order valence-corrected chi connectivity index (χ1v) is 18.9. The van der Waals surface area contributed by atoms with E-state index in [-0.39, 0.29) is 16.7 Å². The molecule has 8 aromatic rings. The van der Waals surface area contributed by atoms with Crippen molar-refractivity contribution in [3.05, 3.63) is 238 Å². The number of rotatable bonds is 4. The molecule has 3 aliphatic carbocycles. The van der Waals surface area contributed by atoms with Gasteiger partial charge in [-0.1, -0.05) is 202 Å². The van der Waals surface area contributed by atoms with Crippen LogP contribution in [0.25, 0.3) is 44.5 Å². The average Bonchev–Trinajstić information content (AvgIpc) is 3.78. The minimum Gasteiger partial charge on any atom is -0.0622 e. The summed E-state index contributed by atoms with van der Waals surface area (Å²) in [5, 5.41) is 0. The first-order valence-electron chi connectivity index (χ1n) is 18.9. The summed E-state index contributed by atoms with van der Waals surface area (Å²) < 4.78 is 0. The van der Waals surface area contributed by atoms with Gasteiger partial charge in [0.25, 0.3) is 0 Å². The van der Waals surface area contributed by atoms with E-state index in [4.69, 9.17) is 0 Å². The molecule has 3 aliphatic rings. The summed E-state index contributed by atoms with van der Waals surface area (Å²) in [6.45, 7) is 4.78. The van der Waals surface area contributed by atoms with Crippen molar-refractivity contribution < 1.29 is 0 Å². The van der Waals surface area contributed by atoms with E-state index in [9.17, 15) is 0 Å². The first kappa shape index (κ1) is 30.4. The SMILES string of the molecule is CC1(C)c2ccccc2-c2ccc(C(c3ccc(-c4ccccc4)cc3)c3cccc4c3-c3ccccc3C43c4ccccc4-c4ccccc43)cc21. The van der Waals surface area contributed by atoms with E-state index in [1.54, 1.807) is 0 Å². The van der Waals surface area contributed by atoms with Crippen LogP contribution >= 0.6 is 0 Å². The molecule has 0 heterocycles. The Kier molecular flexibility index (Phi) is 6.38. The first-order chi connectivity index (χ1) is 26.1. The zero-order chi connectivity index (χ0) is 35.3. The molecular formula is C53H38. The summed E-state index contributed by atoms with van der Waals surface area (Å²) in [7, 11) is 0. The number of benzene rings is 8. The van der Waals surface area contributed by atoms with Crippen LogP contribution in [0.2, 0.25) is 0 Å². The second kappa shape index (κ2) is 11.1. The second-order valence-corrected chi connectivity index (χ2v) is 15.6. The third-order valence-electron chi connectivity index (χ3n) is 12.7. The van der Waals surface area contributed by atoms with Crippen LogP contribution in [-0.4, -0.2) is 0 Å². The Bertz CT molecular complexity index is 2700. The molecule has 0 bridgehead atoms. The summed E-state index contributed by atoms with van der Waals surface area (Å²) in [6.07, 6.45) is 0. The highest BCUT2D eigenvalue weighted by molar-refractivity contribution is 5.96. The number of hydrogen-bond acceptors (Lipinski definition) is 0. The lowest BCUT2D eigenvalue weighted by Gasteiger charge is -2.31. The van der Waals surface area contributed by atoms with E-state index < -0.39 is 0 Å². The van der Waals surface area contributed by atoms with Crippen LogP contribution in [0, 0.1) is 0 Å². The normalized spacial score (nSPS) is 15.2. The van der Waals surface area contributed by atoms with Gasteiger partial charge in [0, 0.05) is 11.3 Å². The lowest BCUT2D eigenvalue weighted by Crippen LogP contribution is -2.25. The van der Waals surface area contributed by atoms with Crippen molar-refractivity contribution in [1.29, 1.82) is 0 Å². The molecule has 0 amide bonds. The zero-order valence-corrected chi connectivity index (χ0v) is 30.0. The van der Waals surface area contributed by atoms with E-state index in [2.05, 4.69) is 202 Å². The Balaban J connectivity index is 1.18. The number of fused-ring (bicyclic) bond motifs is 13. The highest BCUT2D eigenvalue weighted by atomic mass is 14.5. The topological polar surface area (TPSA) is 0 Å². The molecule has 1 unspecified atom stereocenters. The molecule has 0 N–H and O–H groups in total. The van der Waals surface area contributed by atoms with Crippen LogP contribution in [0.15, 0.2) is 188 Å². The average molecular weight is 675 g/mol. The van der Waals surface area contributed by atoms with Gasteiger partial charge >= 0.3 is 0 Å². The summed E-state index contributed by atoms with van der Waals surface area (Å²) in [4.78, 5) is 0. The maximum Gasteiger partial charge on any atom is 0.0725 e. The van der Waals surface area contributed by atoms with Crippen molar-refractivity contribution in [2.45, 2.75) is 30.6 Å². The molecule has 0 saturated carbocycles. The van der Waals surface area contributed by atoms with Gasteiger partial charge in [-0.15, -0.1) is 0 Å². The fourth-order valence-corrected chi connectivity index (χ4v) is 10.4. The molecule has 53 heavy (non-hydrogen) atoms. The minimum absolute atomic E-state index is 0.0229. The van der Waals surface area contributed by atoms with E-state index in [0.29, 0.717) is 0 Å². The molecule has 0 aliphatic heterocycles. The van der Waals surface area contributed by atoms with Gasteiger partial charge in [0.1, 0.15) is 0 Å². The lowest BCUT2D eigenvalue weighted by molar-refractivity contribution is 0.659. The van der Waals surface area contributed by atoms with Crippen molar-refractivity contribution >= 4 is 0 Å². The van der Waals surface area contributed by atoms with E-state index in [1.807, 2.05) is 0 Å². The fraction of sp³-hybridized carbons (Fsp3) is 0.0943. The van der Waals surface area contributed by atoms with Gasteiger partial charge < -0.3 is 0 Å². The molecule has 0 saturated heterocycles. The van der Waals surface area contributed by atoms with Crippen LogP contribution < -0.4 is 0 Å². The highest BCUT2D eigenvalue weighted by Crippen LogP contribution is 2.64. The van der Waals surface area contributed by atoms with Crippen LogP contribution in [0.3, 0.4) is 0 Å². The number of hydrogen-bond donors (Lipinski definition) is 0. The summed E-state index contributed by atoms with van der Waals surface area (Å²) in [5.41, 5.74) is 22.4. The molecule has 1 spiro atoms. The molecule has 8 aromatic carbocycles. The Morgan fingerprint density at radius 1 is 0.340 bits per heavy atom. The Hall–Kier alpha value is -6.24. The van der Waals surface area contributed by atoms with E-state index >= 15 is 0 Å². The van der Waals surface area contributed by atoms with Gasteiger partial charge in [-0.3, -0.25) is 0 Å². The third kappa shape index (κ3) is 4.07. The maximum absolute atomic E-state index is 2.53. The smallest absolute Gasteiger partial charge is 0.0622 e. The van der Waals surface area contributed by atoms with Crippen molar-refractivity contribution in [3.8, 4) is 44.5 Å². The lowest BCUT2D eigenvalue weighted by atomic mass is 9.70. The maximum atomic E-state index is 2.53. The standard InChI is InChI=1S/C53H38/c1-52(2)44-22-10-6-17-38(44)41-32-31-37(33-49(41)52)50(36-29-27-35(28-30-36)34-15-4-3-5-16-34)43-21-14-26-48-51(43)42-20-9-13-25-47(42)53(48)45-23-11-7-18-39(45)40-19-8-12-24-46(40)53/h3-33,50H,1-2H3. The van der Waals surface area contributed by atoms with Crippen molar-refractivity contribution in [2.24, 2.45) is 0 Å². The zero-order valence-electron chi connectivity index (χ0n) is 30.0. The van der Waals surface area contributed by atoms with Crippen LogP contribution in [0.5, 0.6) is 0 Å². The van der Waals surface area contributed by atoms with Gasteiger partial charge in [0.2, 0.25) is 0 Å². The molecule has 0 nitrogen and oxygen atoms in total. The van der Waals surface area contributed by atoms with Gasteiger partial charge in [0.15, 0.2) is 0 Å². The van der Waals surface area contributed by atoms with Gasteiger partial charge in [-0.05, 0) is 94.6 Å². The summed E-state index contributed by atoms with van der Waals surface area (Å²) in [5.74, 6) is 0.0229. The third-order valence-corrected chi connectivity index (χ3v) is 12.7. The predicted molar refractivity (Wildman–Crippen MR) is 220 cm³/mol. The van der Waals surface area contributed by atoms with Crippen LogP contribution in [-0.2, 0) is 10.8 Å². The monoisotopic (exact) mass is 674 g/mol. The van der Waals surface area contributed by atoms with Crippen LogP contribution in [0.4, 0.5) is 0 Å². The fourth-order valence-electron chi connectivity index (χ4n) is 10.4. The molecule has 250 valence electrons. The van der Waals surface area contributed by atoms with Gasteiger partial charge in [0.05, 0.1) is 5.41 Å². The second-order valence-electron chi connectivity index (χ2n) is 15.6. The van der Waals surface area contributed by atoms with E-state index in [1.165, 1.54) is 94.6 Å². The van der Waals surface area contributed by atoms with Crippen LogP contribution in [0.1, 0.15) is 69.8 Å². The van der Waals surface area contributed by atoms with Crippen molar-refractivity contribution in [1.82, 2.24) is 0 Å². The molecule has 11 rings (SSSR count). The highest BCUT2D eigenvalue weighted by Gasteiger charge is 2.52.